The van der Waals surface area contributed by atoms with E-state index in [2.05, 4.69) is 36.9 Å². The highest BCUT2D eigenvalue weighted by Gasteiger charge is 2.25. The quantitative estimate of drug-likeness (QED) is 0.763. The summed E-state index contributed by atoms with van der Waals surface area (Å²) in [6.07, 6.45) is 4.02. The lowest BCUT2D eigenvalue weighted by atomic mass is 10.0. The minimum atomic E-state index is 0.214. The Morgan fingerprint density at radius 2 is 1.85 bits per heavy atom. The van der Waals surface area contributed by atoms with Crippen molar-refractivity contribution in [2.45, 2.75) is 39.5 Å². The zero-order chi connectivity index (χ0) is 14.5. The van der Waals surface area contributed by atoms with Gasteiger partial charge in [0.05, 0.1) is 6.42 Å². The van der Waals surface area contributed by atoms with E-state index in [0.29, 0.717) is 6.42 Å². The lowest BCUT2D eigenvalue weighted by Gasteiger charge is -2.21. The molecule has 0 radical (unpaired) electrons. The summed E-state index contributed by atoms with van der Waals surface area (Å²) in [6, 6.07) is 6.31. The highest BCUT2D eigenvalue weighted by Crippen LogP contribution is 2.30. The molecule has 0 saturated carbocycles. The van der Waals surface area contributed by atoms with Crippen molar-refractivity contribution in [3.8, 4) is 0 Å². The van der Waals surface area contributed by atoms with Gasteiger partial charge >= 0.3 is 0 Å². The summed E-state index contributed by atoms with van der Waals surface area (Å²) < 4.78 is 0. The summed E-state index contributed by atoms with van der Waals surface area (Å²) >= 11 is 0. The molecule has 1 aliphatic rings. The Balaban J connectivity index is 2.06. The highest BCUT2D eigenvalue weighted by atomic mass is 16.2. The summed E-state index contributed by atoms with van der Waals surface area (Å²) in [6.45, 7) is 7.90. The van der Waals surface area contributed by atoms with Crippen molar-refractivity contribution in [3.05, 3.63) is 29.3 Å². The lowest BCUT2D eigenvalue weighted by Crippen LogP contribution is -2.28. The molecule has 3 nitrogen and oxygen atoms in total. The van der Waals surface area contributed by atoms with Crippen LogP contribution in [0.2, 0.25) is 0 Å². The zero-order valence-corrected chi connectivity index (χ0v) is 13.0. The Labute approximate surface area is 122 Å². The van der Waals surface area contributed by atoms with Gasteiger partial charge in [0.25, 0.3) is 0 Å². The molecule has 1 amide bonds. The fourth-order valence-electron chi connectivity index (χ4n) is 3.02. The first-order valence-electron chi connectivity index (χ1n) is 7.77. The second-order valence-corrected chi connectivity index (χ2v) is 5.64. The molecular formula is C17H26N2O. The van der Waals surface area contributed by atoms with Crippen LogP contribution in [0.1, 0.15) is 37.8 Å². The van der Waals surface area contributed by atoms with E-state index < -0.39 is 0 Å². The maximum absolute atomic E-state index is 11.8. The Kier molecular flexibility index (Phi) is 5.18. The van der Waals surface area contributed by atoms with Crippen LogP contribution < -0.4 is 4.90 Å². The number of hydrogen-bond acceptors (Lipinski definition) is 2. The number of carbonyl (C=O) groups excluding carboxylic acids is 1. The molecule has 1 heterocycles. The number of amides is 1. The van der Waals surface area contributed by atoms with Gasteiger partial charge in [-0.25, -0.2) is 0 Å². The van der Waals surface area contributed by atoms with Gasteiger partial charge in [-0.2, -0.15) is 0 Å². The molecule has 0 unspecified atom stereocenters. The summed E-state index contributed by atoms with van der Waals surface area (Å²) in [7, 11) is 1.87. The van der Waals surface area contributed by atoms with Crippen LogP contribution in [0.3, 0.4) is 0 Å². The van der Waals surface area contributed by atoms with E-state index in [4.69, 9.17) is 0 Å². The number of anilines is 1. The summed E-state index contributed by atoms with van der Waals surface area (Å²) in [5.41, 5.74) is 3.69. The molecule has 0 fully saturated rings. The molecule has 0 atom stereocenters. The summed E-state index contributed by atoms with van der Waals surface area (Å²) in [5, 5.41) is 0. The first-order valence-corrected chi connectivity index (χ1v) is 7.77. The molecule has 1 aromatic rings. The maximum atomic E-state index is 11.8. The minimum Gasteiger partial charge on any atom is -0.315 e. The van der Waals surface area contributed by atoms with Crippen LogP contribution in [0.4, 0.5) is 5.69 Å². The van der Waals surface area contributed by atoms with Crippen LogP contribution in [0.5, 0.6) is 0 Å². The molecule has 0 aromatic heterocycles. The Morgan fingerprint density at radius 3 is 2.50 bits per heavy atom. The number of likely N-dealkylation sites (N-methyl/N-ethyl adjacent to an activating group) is 1. The molecule has 0 saturated heterocycles. The van der Waals surface area contributed by atoms with Crippen LogP contribution in [-0.4, -0.2) is 37.5 Å². The van der Waals surface area contributed by atoms with Crippen LogP contribution in [0.15, 0.2) is 18.2 Å². The third-order valence-corrected chi connectivity index (χ3v) is 4.09. The van der Waals surface area contributed by atoms with E-state index in [0.717, 1.165) is 18.7 Å². The van der Waals surface area contributed by atoms with Gasteiger partial charge in [0.1, 0.15) is 0 Å². The number of nitrogens with zero attached hydrogens (tertiary/aromatic N) is 2. The average molecular weight is 274 g/mol. The van der Waals surface area contributed by atoms with Gasteiger partial charge in [0.2, 0.25) is 5.91 Å². The molecule has 110 valence electrons. The Morgan fingerprint density at radius 1 is 1.15 bits per heavy atom. The topological polar surface area (TPSA) is 23.6 Å². The smallest absolute Gasteiger partial charge is 0.231 e. The van der Waals surface area contributed by atoms with Crippen LogP contribution in [-0.2, 0) is 17.6 Å². The first kappa shape index (κ1) is 15.0. The highest BCUT2D eigenvalue weighted by molar-refractivity contribution is 6.01. The number of hydrogen-bond donors (Lipinski definition) is 0. The summed E-state index contributed by atoms with van der Waals surface area (Å²) in [5.74, 6) is 0.214. The Hall–Kier alpha value is -1.35. The van der Waals surface area contributed by atoms with Crippen molar-refractivity contribution in [1.29, 1.82) is 0 Å². The lowest BCUT2D eigenvalue weighted by molar-refractivity contribution is -0.117. The standard InChI is InChI=1S/C17H26N2O/c1-4-10-19(11-5-2)12-9-14-7-6-8-16-15(14)13-17(20)18(16)3/h6-8H,4-5,9-13H2,1-3H3. The van der Waals surface area contributed by atoms with Crippen molar-refractivity contribution < 1.29 is 4.79 Å². The van der Waals surface area contributed by atoms with Crippen molar-refractivity contribution >= 4 is 11.6 Å². The van der Waals surface area contributed by atoms with E-state index in [9.17, 15) is 4.79 Å². The fraction of sp³-hybridized carbons (Fsp3) is 0.588. The van der Waals surface area contributed by atoms with Crippen LogP contribution in [0.25, 0.3) is 0 Å². The second-order valence-electron chi connectivity index (χ2n) is 5.64. The van der Waals surface area contributed by atoms with Gasteiger partial charge in [-0.15, -0.1) is 0 Å². The number of benzene rings is 1. The normalized spacial score (nSPS) is 14.2. The third-order valence-electron chi connectivity index (χ3n) is 4.09. The van der Waals surface area contributed by atoms with Crippen molar-refractivity contribution in [2.75, 3.05) is 31.6 Å². The predicted molar refractivity (Wildman–Crippen MR) is 84.3 cm³/mol. The molecule has 0 spiro atoms. The predicted octanol–water partition coefficient (Wildman–Crippen LogP) is 2.87. The fourth-order valence-corrected chi connectivity index (χ4v) is 3.02. The summed E-state index contributed by atoms with van der Waals surface area (Å²) in [4.78, 5) is 16.2. The SMILES string of the molecule is CCCN(CCC)CCc1cccc2c1CC(=O)N2C. The first-order chi connectivity index (χ1) is 9.67. The van der Waals surface area contributed by atoms with E-state index in [1.54, 1.807) is 4.90 Å². The Bertz CT molecular complexity index is 464. The third kappa shape index (κ3) is 3.21. The van der Waals surface area contributed by atoms with E-state index in [1.165, 1.54) is 37.1 Å². The van der Waals surface area contributed by atoms with Gasteiger partial charge in [-0.3, -0.25) is 4.79 Å². The van der Waals surface area contributed by atoms with E-state index in [1.807, 2.05) is 7.05 Å². The molecule has 20 heavy (non-hydrogen) atoms. The minimum absolute atomic E-state index is 0.214. The largest absolute Gasteiger partial charge is 0.315 e. The molecule has 1 aliphatic heterocycles. The van der Waals surface area contributed by atoms with Gasteiger partial charge in [0, 0.05) is 19.3 Å². The molecule has 3 heteroatoms. The monoisotopic (exact) mass is 274 g/mol. The number of rotatable bonds is 7. The van der Waals surface area contributed by atoms with E-state index >= 15 is 0 Å². The maximum Gasteiger partial charge on any atom is 0.231 e. The van der Waals surface area contributed by atoms with Crippen LogP contribution in [0, 0.1) is 0 Å². The molecule has 1 aromatic carbocycles. The molecule has 2 rings (SSSR count). The van der Waals surface area contributed by atoms with Crippen molar-refractivity contribution in [1.82, 2.24) is 4.90 Å². The zero-order valence-electron chi connectivity index (χ0n) is 13.0. The molecular weight excluding hydrogens is 248 g/mol. The van der Waals surface area contributed by atoms with E-state index in [-0.39, 0.29) is 5.91 Å². The van der Waals surface area contributed by atoms with Gasteiger partial charge in [0.15, 0.2) is 0 Å². The second kappa shape index (κ2) is 6.89. The molecule has 0 N–H and O–H groups in total. The molecule has 0 aliphatic carbocycles. The van der Waals surface area contributed by atoms with Gasteiger partial charge < -0.3 is 9.80 Å². The average Bonchev–Trinajstić information content (AvgIpc) is 2.73. The van der Waals surface area contributed by atoms with Gasteiger partial charge in [-0.1, -0.05) is 26.0 Å². The van der Waals surface area contributed by atoms with Crippen molar-refractivity contribution in [2.24, 2.45) is 0 Å². The van der Waals surface area contributed by atoms with Crippen molar-refractivity contribution in [3.63, 3.8) is 0 Å². The molecule has 0 bridgehead atoms. The number of fused-ring (bicyclic) bond motifs is 1. The van der Waals surface area contributed by atoms with Gasteiger partial charge in [-0.05, 0) is 49.5 Å². The number of carbonyl (C=O) groups is 1. The van der Waals surface area contributed by atoms with Crippen LogP contribution >= 0.6 is 0 Å².